The predicted molar refractivity (Wildman–Crippen MR) is 157 cm³/mol. The number of amides is 1. The van der Waals surface area contributed by atoms with Crippen LogP contribution in [0.15, 0.2) is 78.0 Å². The first-order valence-corrected chi connectivity index (χ1v) is 13.7. The molecule has 0 aromatic heterocycles. The number of Topliss-reactive ketones (excluding diaryl/α,β-unsaturated/α-hetero) is 2. The molecule has 1 heterocycles. The van der Waals surface area contributed by atoms with Gasteiger partial charge < -0.3 is 19.9 Å². The molecule has 9 nitrogen and oxygen atoms in total. The zero-order valence-corrected chi connectivity index (χ0v) is 23.7. The van der Waals surface area contributed by atoms with Crippen LogP contribution in [0.25, 0.3) is 0 Å². The van der Waals surface area contributed by atoms with E-state index in [9.17, 15) is 24.3 Å². The van der Waals surface area contributed by atoms with Crippen molar-refractivity contribution in [1.82, 2.24) is 0 Å². The van der Waals surface area contributed by atoms with Crippen LogP contribution in [-0.2, 0) is 14.4 Å². The number of carbonyl (C=O) groups excluding carboxylic acids is 3. The number of rotatable bonds is 8. The molecule has 2 atom stereocenters. The Morgan fingerprint density at radius 3 is 2.26 bits per heavy atom. The minimum absolute atomic E-state index is 0.102. The van der Waals surface area contributed by atoms with E-state index in [4.69, 9.17) is 9.47 Å². The number of carboxylic acid groups (broad SMARTS) is 1. The lowest BCUT2D eigenvalue weighted by atomic mass is 9.78. The molecule has 0 radical (unpaired) electrons. The fourth-order valence-corrected chi connectivity index (χ4v) is 5.76. The molecule has 2 aliphatic rings. The second-order valence-corrected chi connectivity index (χ2v) is 10.4. The molecule has 42 heavy (non-hydrogen) atoms. The van der Waals surface area contributed by atoms with Gasteiger partial charge in [-0.2, -0.15) is 0 Å². The number of carboxylic acids is 1. The Morgan fingerprint density at radius 1 is 0.905 bits per heavy atom. The summed E-state index contributed by atoms with van der Waals surface area (Å²) in [5, 5.41) is 12.8. The van der Waals surface area contributed by atoms with Gasteiger partial charge in [-0.05, 0) is 54.7 Å². The first-order chi connectivity index (χ1) is 20.2. The molecule has 1 aliphatic carbocycles. The summed E-state index contributed by atoms with van der Waals surface area (Å²) in [7, 11) is 3.13. The number of methoxy groups -OCH3 is 2. The summed E-state index contributed by atoms with van der Waals surface area (Å²) in [5.74, 6) is -0.738. The first-order valence-electron chi connectivity index (χ1n) is 13.7. The van der Waals surface area contributed by atoms with Crippen molar-refractivity contribution in [3.63, 3.8) is 0 Å². The van der Waals surface area contributed by atoms with E-state index >= 15 is 0 Å². The molecule has 1 amide bonds. The van der Waals surface area contributed by atoms with E-state index in [1.807, 2.05) is 30.3 Å². The van der Waals surface area contributed by atoms with Crippen LogP contribution in [0.1, 0.15) is 66.1 Å². The maximum absolute atomic E-state index is 14.1. The average molecular weight is 569 g/mol. The molecule has 1 aliphatic heterocycles. The topological polar surface area (TPSA) is 122 Å². The van der Waals surface area contributed by atoms with Crippen molar-refractivity contribution in [3.8, 4) is 11.5 Å². The highest BCUT2D eigenvalue weighted by Crippen LogP contribution is 2.48. The number of nitrogens with one attached hydrogen (secondary N) is 1. The van der Waals surface area contributed by atoms with Gasteiger partial charge >= 0.3 is 5.97 Å². The minimum atomic E-state index is -1.08. The molecule has 0 saturated carbocycles. The van der Waals surface area contributed by atoms with E-state index in [2.05, 4.69) is 5.32 Å². The van der Waals surface area contributed by atoms with Gasteiger partial charge in [0.25, 0.3) is 0 Å². The highest BCUT2D eigenvalue weighted by molar-refractivity contribution is 6.07. The van der Waals surface area contributed by atoms with E-state index < -0.39 is 17.9 Å². The summed E-state index contributed by atoms with van der Waals surface area (Å²) >= 11 is 0. The molecule has 5 rings (SSSR count). The number of ether oxygens (including phenoxy) is 2. The third kappa shape index (κ3) is 5.50. The van der Waals surface area contributed by atoms with Gasteiger partial charge in [-0.25, -0.2) is 0 Å². The van der Waals surface area contributed by atoms with Crippen molar-refractivity contribution >= 4 is 34.8 Å². The molecule has 0 saturated heterocycles. The van der Waals surface area contributed by atoms with Crippen LogP contribution in [-0.4, -0.2) is 42.8 Å². The summed E-state index contributed by atoms with van der Waals surface area (Å²) in [6.45, 7) is 1.47. The second-order valence-electron chi connectivity index (χ2n) is 10.4. The number of allylic oxidation sites excluding steroid dienone is 1. The monoisotopic (exact) mass is 568 g/mol. The Hall–Kier alpha value is -4.92. The maximum atomic E-state index is 14.1. The second kappa shape index (κ2) is 11.9. The molecular formula is C33H32N2O7. The number of aliphatic carboxylic acids is 1. The van der Waals surface area contributed by atoms with Crippen LogP contribution in [0.4, 0.5) is 11.4 Å². The van der Waals surface area contributed by atoms with Crippen LogP contribution < -0.4 is 19.7 Å². The molecule has 0 spiro atoms. The predicted octanol–water partition coefficient (Wildman–Crippen LogP) is 5.67. The standard InChI is InChI=1S/C33H32N2O7/c1-19(36)20-8-10-21(11-9-20)33-32-25(16-23(17-27(32)37)22-12-13-28(41-2)29(18-22)42-3)34-24-6-4-5-7-26(24)35(33)30(38)14-15-31(39)40/h4-13,18,23,33-34H,14-17H2,1-3H3,(H,39,40)/t23-,33+/m0/s1. The van der Waals surface area contributed by atoms with Crippen molar-refractivity contribution in [2.45, 2.75) is 44.6 Å². The van der Waals surface area contributed by atoms with Gasteiger partial charge in [0.05, 0.1) is 38.1 Å². The lowest BCUT2D eigenvalue weighted by Gasteiger charge is -2.35. The number of hydrogen-bond donors (Lipinski definition) is 2. The van der Waals surface area contributed by atoms with Crippen LogP contribution in [0.3, 0.4) is 0 Å². The Bertz CT molecular complexity index is 1590. The van der Waals surface area contributed by atoms with Crippen molar-refractivity contribution in [2.24, 2.45) is 0 Å². The zero-order chi connectivity index (χ0) is 30.0. The highest BCUT2D eigenvalue weighted by atomic mass is 16.5. The van der Waals surface area contributed by atoms with E-state index in [1.54, 1.807) is 50.6 Å². The third-order valence-corrected chi connectivity index (χ3v) is 7.82. The Kier molecular flexibility index (Phi) is 8.10. The van der Waals surface area contributed by atoms with Gasteiger partial charge in [-0.15, -0.1) is 0 Å². The van der Waals surface area contributed by atoms with Crippen LogP contribution in [0.2, 0.25) is 0 Å². The number of nitrogens with zero attached hydrogens (tertiary/aromatic N) is 1. The molecule has 3 aromatic rings. The molecule has 3 aromatic carbocycles. The van der Waals surface area contributed by atoms with Crippen molar-refractivity contribution < 1.29 is 33.8 Å². The molecule has 216 valence electrons. The lowest BCUT2D eigenvalue weighted by Crippen LogP contribution is -2.38. The first kappa shape index (κ1) is 28.6. The van der Waals surface area contributed by atoms with Crippen LogP contribution >= 0.6 is 0 Å². The van der Waals surface area contributed by atoms with Gasteiger partial charge in [-0.3, -0.25) is 24.1 Å². The number of fused-ring (bicyclic) bond motifs is 1. The van der Waals surface area contributed by atoms with E-state index in [1.165, 1.54) is 11.8 Å². The summed E-state index contributed by atoms with van der Waals surface area (Å²) in [6.07, 6.45) is 0.106. The van der Waals surface area contributed by atoms with Gasteiger partial charge in [0.2, 0.25) is 5.91 Å². The molecule has 9 heteroatoms. The Balaban J connectivity index is 1.66. The van der Waals surface area contributed by atoms with Crippen molar-refractivity contribution in [2.75, 3.05) is 24.4 Å². The largest absolute Gasteiger partial charge is 0.493 e. The lowest BCUT2D eigenvalue weighted by molar-refractivity contribution is -0.138. The number of para-hydroxylation sites is 2. The van der Waals surface area contributed by atoms with E-state index in [0.717, 1.165) is 5.56 Å². The molecule has 2 N–H and O–H groups in total. The number of ketones is 2. The number of anilines is 2. The number of carbonyl (C=O) groups is 4. The fraction of sp³-hybridized carbons (Fsp3) is 0.273. The molecule has 0 bridgehead atoms. The zero-order valence-electron chi connectivity index (χ0n) is 23.7. The van der Waals surface area contributed by atoms with Gasteiger partial charge in [-0.1, -0.05) is 42.5 Å². The van der Waals surface area contributed by atoms with Crippen molar-refractivity contribution in [3.05, 3.63) is 94.7 Å². The van der Waals surface area contributed by atoms with Crippen LogP contribution in [0, 0.1) is 0 Å². The highest BCUT2D eigenvalue weighted by Gasteiger charge is 2.41. The molecule has 0 unspecified atom stereocenters. The summed E-state index contributed by atoms with van der Waals surface area (Å²) in [5.41, 5.74) is 4.38. The Morgan fingerprint density at radius 2 is 1.60 bits per heavy atom. The average Bonchev–Trinajstić information content (AvgIpc) is 3.14. The minimum Gasteiger partial charge on any atom is -0.493 e. The molecule has 0 fully saturated rings. The maximum Gasteiger partial charge on any atom is 0.303 e. The summed E-state index contributed by atoms with van der Waals surface area (Å²) in [4.78, 5) is 52.9. The fourth-order valence-electron chi connectivity index (χ4n) is 5.76. The van der Waals surface area contributed by atoms with Crippen LogP contribution in [0.5, 0.6) is 11.5 Å². The normalized spacial score (nSPS) is 17.9. The SMILES string of the molecule is COc1ccc([C@@H]2CC(=O)C3=C(C2)Nc2ccccc2N(C(=O)CCC(=O)O)[C@@H]3c2ccc(C(C)=O)cc2)cc1OC. The number of hydrogen-bond acceptors (Lipinski definition) is 7. The summed E-state index contributed by atoms with van der Waals surface area (Å²) < 4.78 is 10.9. The number of benzene rings is 3. The van der Waals surface area contributed by atoms with Gasteiger partial charge in [0, 0.05) is 29.7 Å². The van der Waals surface area contributed by atoms with Gasteiger partial charge in [0.1, 0.15) is 0 Å². The quantitative estimate of drug-likeness (QED) is 0.333. The van der Waals surface area contributed by atoms with E-state index in [-0.39, 0.29) is 36.7 Å². The Labute approximate surface area is 243 Å². The van der Waals surface area contributed by atoms with Crippen molar-refractivity contribution in [1.29, 1.82) is 0 Å². The third-order valence-electron chi connectivity index (χ3n) is 7.82. The summed E-state index contributed by atoms with van der Waals surface area (Å²) in [6, 6.07) is 18.9. The van der Waals surface area contributed by atoms with E-state index in [0.29, 0.717) is 51.7 Å². The smallest absolute Gasteiger partial charge is 0.303 e. The molecular weight excluding hydrogens is 536 g/mol. The van der Waals surface area contributed by atoms with Gasteiger partial charge in [0.15, 0.2) is 23.1 Å².